The fourth-order valence-corrected chi connectivity index (χ4v) is 4.90. The standard InChI is InChI=1S/C21H27N3O3S/c1-3-22(4-2)19-12-10-18(11-13-19)21(25)23-14-16-24(17-15-23)28(26,27)20-8-6-5-7-9-20/h5-13H,3-4,14-17H2,1-2H3. The molecule has 0 spiro atoms. The molecule has 0 aromatic heterocycles. The molecule has 0 bridgehead atoms. The van der Waals surface area contributed by atoms with E-state index in [1.54, 1.807) is 35.2 Å². The van der Waals surface area contributed by atoms with Crippen molar-refractivity contribution in [1.82, 2.24) is 9.21 Å². The Kier molecular flexibility index (Phi) is 6.36. The van der Waals surface area contributed by atoms with Crippen LogP contribution in [0.2, 0.25) is 0 Å². The van der Waals surface area contributed by atoms with E-state index in [0.29, 0.717) is 36.6 Å². The molecule has 1 saturated heterocycles. The average molecular weight is 402 g/mol. The van der Waals surface area contributed by atoms with Crippen molar-refractivity contribution >= 4 is 21.6 Å². The topological polar surface area (TPSA) is 60.9 Å². The van der Waals surface area contributed by atoms with E-state index in [4.69, 9.17) is 0 Å². The molecule has 6 nitrogen and oxygen atoms in total. The van der Waals surface area contributed by atoms with Crippen LogP contribution in [0.15, 0.2) is 59.5 Å². The number of rotatable bonds is 6. The molecule has 0 radical (unpaired) electrons. The zero-order valence-electron chi connectivity index (χ0n) is 16.4. The molecular weight excluding hydrogens is 374 g/mol. The molecule has 150 valence electrons. The van der Waals surface area contributed by atoms with Gasteiger partial charge in [-0.15, -0.1) is 0 Å². The molecule has 3 rings (SSSR count). The first-order chi connectivity index (χ1) is 13.5. The maximum absolute atomic E-state index is 12.8. The highest BCUT2D eigenvalue weighted by Gasteiger charge is 2.30. The molecule has 0 unspecified atom stereocenters. The van der Waals surface area contributed by atoms with Gasteiger partial charge in [-0.3, -0.25) is 4.79 Å². The summed E-state index contributed by atoms with van der Waals surface area (Å²) in [7, 11) is -3.51. The third kappa shape index (κ3) is 4.20. The van der Waals surface area contributed by atoms with Crippen LogP contribution >= 0.6 is 0 Å². The van der Waals surface area contributed by atoms with E-state index < -0.39 is 10.0 Å². The summed E-state index contributed by atoms with van der Waals surface area (Å²) in [5.74, 6) is -0.0529. The molecule has 0 saturated carbocycles. The number of piperazine rings is 1. The van der Waals surface area contributed by atoms with Crippen LogP contribution in [0.1, 0.15) is 24.2 Å². The minimum atomic E-state index is -3.51. The molecule has 0 N–H and O–H groups in total. The maximum atomic E-state index is 12.8. The second-order valence-corrected chi connectivity index (χ2v) is 8.67. The van der Waals surface area contributed by atoms with Gasteiger partial charge in [-0.1, -0.05) is 18.2 Å². The van der Waals surface area contributed by atoms with Crippen molar-refractivity contribution in [3.8, 4) is 0 Å². The number of benzene rings is 2. The third-order valence-corrected chi connectivity index (χ3v) is 7.06. The van der Waals surface area contributed by atoms with Crippen LogP contribution in [-0.2, 0) is 10.0 Å². The van der Waals surface area contributed by atoms with E-state index in [1.165, 1.54) is 4.31 Å². The van der Waals surface area contributed by atoms with E-state index >= 15 is 0 Å². The Morgan fingerprint density at radius 3 is 2.00 bits per heavy atom. The molecule has 28 heavy (non-hydrogen) atoms. The molecule has 0 aliphatic carbocycles. The first kappa shape index (κ1) is 20.4. The Morgan fingerprint density at radius 2 is 1.46 bits per heavy atom. The van der Waals surface area contributed by atoms with Crippen LogP contribution in [0.4, 0.5) is 5.69 Å². The lowest BCUT2D eigenvalue weighted by atomic mass is 10.1. The van der Waals surface area contributed by atoms with Gasteiger partial charge in [0.15, 0.2) is 0 Å². The van der Waals surface area contributed by atoms with E-state index in [1.807, 2.05) is 24.3 Å². The third-order valence-electron chi connectivity index (χ3n) is 5.15. The van der Waals surface area contributed by atoms with E-state index in [-0.39, 0.29) is 5.91 Å². The molecule has 1 aliphatic rings. The van der Waals surface area contributed by atoms with Gasteiger partial charge in [-0.25, -0.2) is 8.42 Å². The molecular formula is C21H27N3O3S. The highest BCUT2D eigenvalue weighted by atomic mass is 32.2. The number of nitrogens with zero attached hydrogens (tertiary/aromatic N) is 3. The molecule has 1 aliphatic heterocycles. The molecule has 1 fully saturated rings. The van der Waals surface area contributed by atoms with Crippen LogP contribution in [0, 0.1) is 0 Å². The predicted octanol–water partition coefficient (Wildman–Crippen LogP) is 2.68. The van der Waals surface area contributed by atoms with Gasteiger partial charge in [-0.2, -0.15) is 4.31 Å². The normalized spacial score (nSPS) is 15.4. The summed E-state index contributed by atoms with van der Waals surface area (Å²) in [6, 6.07) is 16.1. The number of sulfonamides is 1. The zero-order valence-corrected chi connectivity index (χ0v) is 17.2. The van der Waals surface area contributed by atoms with Crippen LogP contribution < -0.4 is 4.90 Å². The zero-order chi connectivity index (χ0) is 20.1. The van der Waals surface area contributed by atoms with E-state index in [9.17, 15) is 13.2 Å². The fraction of sp³-hybridized carbons (Fsp3) is 0.381. The summed E-state index contributed by atoms with van der Waals surface area (Å²) in [5.41, 5.74) is 1.73. The maximum Gasteiger partial charge on any atom is 0.253 e. The van der Waals surface area contributed by atoms with E-state index in [2.05, 4.69) is 18.7 Å². The van der Waals surface area contributed by atoms with Crippen molar-refractivity contribution in [3.05, 3.63) is 60.2 Å². The van der Waals surface area contributed by atoms with Crippen molar-refractivity contribution < 1.29 is 13.2 Å². The number of carbonyl (C=O) groups is 1. The van der Waals surface area contributed by atoms with Gasteiger partial charge in [0.05, 0.1) is 4.90 Å². The predicted molar refractivity (Wildman–Crippen MR) is 111 cm³/mol. The van der Waals surface area contributed by atoms with Gasteiger partial charge in [0.1, 0.15) is 0 Å². The molecule has 2 aromatic carbocycles. The van der Waals surface area contributed by atoms with Gasteiger partial charge in [0, 0.05) is 50.5 Å². The second-order valence-electron chi connectivity index (χ2n) is 6.73. The number of amides is 1. The van der Waals surface area contributed by atoms with Crippen molar-refractivity contribution in [3.63, 3.8) is 0 Å². The smallest absolute Gasteiger partial charge is 0.253 e. The van der Waals surface area contributed by atoms with E-state index in [0.717, 1.165) is 18.8 Å². The summed E-state index contributed by atoms with van der Waals surface area (Å²) in [6.45, 7) is 7.44. The van der Waals surface area contributed by atoms with Crippen molar-refractivity contribution in [2.24, 2.45) is 0 Å². The van der Waals surface area contributed by atoms with Crippen molar-refractivity contribution in [2.45, 2.75) is 18.7 Å². The van der Waals surface area contributed by atoms with Gasteiger partial charge >= 0.3 is 0 Å². The molecule has 1 amide bonds. The lowest BCUT2D eigenvalue weighted by Gasteiger charge is -2.34. The van der Waals surface area contributed by atoms with Gasteiger partial charge < -0.3 is 9.80 Å². The second kappa shape index (κ2) is 8.75. The Balaban J connectivity index is 1.64. The van der Waals surface area contributed by atoms with Crippen LogP contribution in [0.3, 0.4) is 0 Å². The molecule has 7 heteroatoms. The summed E-state index contributed by atoms with van der Waals surface area (Å²) < 4.78 is 26.9. The first-order valence-corrected chi connectivity index (χ1v) is 11.1. The minimum Gasteiger partial charge on any atom is -0.372 e. The Morgan fingerprint density at radius 1 is 0.893 bits per heavy atom. The van der Waals surface area contributed by atoms with Crippen LogP contribution in [0.5, 0.6) is 0 Å². The molecule has 2 aromatic rings. The van der Waals surface area contributed by atoms with Crippen LogP contribution in [0.25, 0.3) is 0 Å². The summed E-state index contributed by atoms with van der Waals surface area (Å²) in [4.78, 5) is 17.0. The Hall–Kier alpha value is -2.38. The van der Waals surface area contributed by atoms with Crippen molar-refractivity contribution in [1.29, 1.82) is 0 Å². The number of carbonyl (C=O) groups excluding carboxylic acids is 1. The largest absolute Gasteiger partial charge is 0.372 e. The first-order valence-electron chi connectivity index (χ1n) is 9.67. The quantitative estimate of drug-likeness (QED) is 0.747. The average Bonchev–Trinajstić information content (AvgIpc) is 2.75. The van der Waals surface area contributed by atoms with Gasteiger partial charge in [0.25, 0.3) is 5.91 Å². The molecule has 1 heterocycles. The summed E-state index contributed by atoms with van der Waals surface area (Å²) in [6.07, 6.45) is 0. The summed E-state index contributed by atoms with van der Waals surface area (Å²) >= 11 is 0. The van der Waals surface area contributed by atoms with Gasteiger partial charge in [0.2, 0.25) is 10.0 Å². The molecule has 0 atom stereocenters. The highest BCUT2D eigenvalue weighted by molar-refractivity contribution is 7.89. The SMILES string of the molecule is CCN(CC)c1ccc(C(=O)N2CCN(S(=O)(=O)c3ccccc3)CC2)cc1. The highest BCUT2D eigenvalue weighted by Crippen LogP contribution is 2.20. The van der Waals surface area contributed by atoms with Crippen molar-refractivity contribution in [2.75, 3.05) is 44.2 Å². The number of hydrogen-bond acceptors (Lipinski definition) is 4. The Bertz CT molecular complexity index is 886. The lowest BCUT2D eigenvalue weighted by molar-refractivity contribution is 0.0698. The van der Waals surface area contributed by atoms with Gasteiger partial charge in [-0.05, 0) is 50.2 Å². The summed E-state index contributed by atoms with van der Waals surface area (Å²) in [5, 5.41) is 0. The monoisotopic (exact) mass is 401 g/mol. The fourth-order valence-electron chi connectivity index (χ4n) is 3.46. The Labute approximate surface area is 167 Å². The lowest BCUT2D eigenvalue weighted by Crippen LogP contribution is -2.50. The minimum absolute atomic E-state index is 0.0529. The number of hydrogen-bond donors (Lipinski definition) is 0. The number of anilines is 1. The van der Waals surface area contributed by atoms with Crippen LogP contribution in [-0.4, -0.2) is 62.8 Å².